The van der Waals surface area contributed by atoms with E-state index >= 15 is 0 Å². The number of hydrogen-bond donors (Lipinski definition) is 0. The van der Waals surface area contributed by atoms with Gasteiger partial charge in [0.1, 0.15) is 5.30 Å². The number of halogens is 6. The number of morpholine rings is 1. The van der Waals surface area contributed by atoms with Crippen molar-refractivity contribution in [2.75, 3.05) is 31.2 Å². The molecule has 1 heterocycles. The van der Waals surface area contributed by atoms with Gasteiger partial charge in [0.05, 0.1) is 29.2 Å². The summed E-state index contributed by atoms with van der Waals surface area (Å²) in [6.07, 6.45) is 19.1. The van der Waals surface area contributed by atoms with Crippen molar-refractivity contribution in [1.82, 2.24) is 0 Å². The second-order valence-corrected chi connectivity index (χ2v) is 22.6. The predicted molar refractivity (Wildman–Crippen MR) is 173 cm³/mol. The minimum absolute atomic E-state index is 0. The van der Waals surface area contributed by atoms with Gasteiger partial charge in [-0.15, -0.1) is 0 Å². The van der Waals surface area contributed by atoms with Crippen LogP contribution in [0.25, 0.3) is 4.13 Å². The van der Waals surface area contributed by atoms with Gasteiger partial charge in [0.25, 0.3) is 0 Å². The van der Waals surface area contributed by atoms with Crippen molar-refractivity contribution in [2.45, 2.75) is 98.4 Å². The number of anilines is 1. The van der Waals surface area contributed by atoms with Gasteiger partial charge in [0.2, 0.25) is 0 Å². The molecule has 1 aliphatic heterocycles. The van der Waals surface area contributed by atoms with Gasteiger partial charge in [0, 0.05) is 21.0 Å². The smallest absolute Gasteiger partial charge is 0.421 e. The van der Waals surface area contributed by atoms with Crippen molar-refractivity contribution in [2.24, 2.45) is 35.5 Å². The molecule has 0 amide bonds. The Labute approximate surface area is 301 Å². The summed E-state index contributed by atoms with van der Waals surface area (Å²) >= 11 is 0. The van der Waals surface area contributed by atoms with Crippen LogP contribution in [0, 0.1) is 35.5 Å². The molecule has 17 heteroatoms. The van der Waals surface area contributed by atoms with Crippen molar-refractivity contribution in [3.05, 3.63) is 28.4 Å². The van der Waals surface area contributed by atoms with E-state index in [-0.39, 0.29) is 22.4 Å². The zero-order valence-electron chi connectivity index (χ0n) is 26.9. The van der Waals surface area contributed by atoms with Crippen molar-refractivity contribution in [3.63, 3.8) is 0 Å². The maximum Gasteiger partial charge on any atom is 1.00 e. The molecular formula is C32H43AuF6N2O5PS2+. The standard InChI is InChI=1S/C30H42NOP.C2F6NO4S2.Au/c1-2-4-28(27(3-1)31-5-7-32-8-6-31)33(29-15-21-9-22(16-29)11-23(10-21)17-29)30-18-24-12-25(19-30)14-26(13-24)20-30;3-1(4,5)14(10,11)9-15(12,13)2(6,7)8;/h1-4,21-26H,5-20H2;;/q;-1;+1/p+1. The van der Waals surface area contributed by atoms with Crippen LogP contribution in [0.3, 0.4) is 0 Å². The third kappa shape index (κ3) is 7.28. The van der Waals surface area contributed by atoms with E-state index < -0.39 is 39.0 Å². The average Bonchev–Trinajstić information content (AvgIpc) is 2.95. The van der Waals surface area contributed by atoms with Crippen LogP contribution in [-0.4, -0.2) is 64.5 Å². The Morgan fingerprint density at radius 3 is 1.35 bits per heavy atom. The van der Waals surface area contributed by atoms with Crippen LogP contribution in [0.15, 0.2) is 24.3 Å². The van der Waals surface area contributed by atoms with Gasteiger partial charge >= 0.3 is 33.4 Å². The number of para-hydroxylation sites is 1. The largest absolute Gasteiger partial charge is 1.00 e. The maximum atomic E-state index is 11.4. The molecule has 49 heavy (non-hydrogen) atoms. The molecule has 0 aromatic heterocycles. The molecule has 8 aliphatic carbocycles. The first-order valence-corrected chi connectivity index (χ1v) is 21.4. The number of benzene rings is 1. The zero-order valence-corrected chi connectivity index (χ0v) is 31.7. The van der Waals surface area contributed by atoms with E-state index in [1.165, 1.54) is 0 Å². The van der Waals surface area contributed by atoms with Gasteiger partial charge in [-0.25, -0.2) is 16.8 Å². The first-order valence-electron chi connectivity index (χ1n) is 17.1. The molecule has 9 fully saturated rings. The molecule has 9 aliphatic rings. The van der Waals surface area contributed by atoms with Gasteiger partial charge in [-0.2, -0.15) is 26.3 Å². The van der Waals surface area contributed by atoms with Crippen LogP contribution in [0.2, 0.25) is 0 Å². The number of ether oxygens (including phenoxy) is 1. The first-order chi connectivity index (χ1) is 22.4. The van der Waals surface area contributed by atoms with E-state index in [0.29, 0.717) is 10.3 Å². The molecule has 0 atom stereocenters. The summed E-state index contributed by atoms with van der Waals surface area (Å²) in [4.78, 5) is 2.73. The molecule has 8 saturated carbocycles. The van der Waals surface area contributed by atoms with E-state index in [1.54, 1.807) is 82.7 Å². The fourth-order valence-electron chi connectivity index (χ4n) is 11.9. The van der Waals surface area contributed by atoms with Crippen molar-refractivity contribution in [3.8, 4) is 0 Å². The van der Waals surface area contributed by atoms with E-state index in [9.17, 15) is 43.2 Å². The van der Waals surface area contributed by atoms with Crippen LogP contribution in [0.5, 0.6) is 0 Å². The molecule has 0 N–H and O–H groups in total. The minimum Gasteiger partial charge on any atom is -0.421 e. The summed E-state index contributed by atoms with van der Waals surface area (Å²) in [7, 11) is -14.1. The van der Waals surface area contributed by atoms with Gasteiger partial charge < -0.3 is 13.8 Å². The van der Waals surface area contributed by atoms with Crippen molar-refractivity contribution in [1.29, 1.82) is 0 Å². The molecule has 1 aromatic rings. The summed E-state index contributed by atoms with van der Waals surface area (Å²) in [6, 6.07) is 9.95. The topological polar surface area (TPSA) is 94.8 Å². The molecule has 1 saturated heterocycles. The molecule has 280 valence electrons. The SMILES string of the molecule is O=S(=O)([N-]S(=O)(=O)C(F)(F)F)C(F)(F)F.[Au+].c1ccc([PH+](C23CC4CC(CC(C4)C2)C3)C23CC4CC(CC(C4)C2)C3)c(N2CCOCC2)c1. The fraction of sp³-hybridized carbons (Fsp3) is 0.812. The van der Waals surface area contributed by atoms with Crippen molar-refractivity contribution < 1.29 is 70.3 Å². The average molecular weight is 942 g/mol. The summed E-state index contributed by atoms with van der Waals surface area (Å²) < 4.78 is 115. The normalized spacial score (nSPS) is 37.3. The van der Waals surface area contributed by atoms with Crippen molar-refractivity contribution >= 4 is 39.0 Å². The Balaban J connectivity index is 0.000000225. The molecule has 10 rings (SSSR count). The number of sulfonamides is 2. The third-order valence-electron chi connectivity index (χ3n) is 12.4. The fourth-order valence-corrected chi connectivity index (χ4v) is 19.6. The quantitative estimate of drug-likeness (QED) is 0.168. The first kappa shape index (κ1) is 38.3. The molecule has 1 aromatic carbocycles. The van der Waals surface area contributed by atoms with Crippen LogP contribution in [0.4, 0.5) is 32.0 Å². The van der Waals surface area contributed by atoms with Gasteiger partial charge in [-0.05, 0) is 125 Å². The maximum absolute atomic E-state index is 11.4. The summed E-state index contributed by atoms with van der Waals surface area (Å²) in [5, 5.41) is 3.29. The molecule has 0 unspecified atom stereocenters. The zero-order chi connectivity index (χ0) is 34.3. The molecule has 0 radical (unpaired) electrons. The molecule has 0 spiro atoms. The van der Waals surface area contributed by atoms with Crippen LogP contribution < -0.4 is 10.2 Å². The Hall–Kier alpha value is -0.410. The summed E-state index contributed by atoms with van der Waals surface area (Å²) in [6.45, 7) is 4.00. The van der Waals surface area contributed by atoms with Gasteiger partial charge in [-0.3, -0.25) is 0 Å². The number of rotatable bonds is 6. The van der Waals surface area contributed by atoms with Gasteiger partial charge in [0.15, 0.2) is 20.0 Å². The molecule has 7 nitrogen and oxygen atoms in total. The van der Waals surface area contributed by atoms with Gasteiger partial charge in [-0.1, -0.05) is 12.1 Å². The second kappa shape index (κ2) is 13.5. The van der Waals surface area contributed by atoms with Crippen LogP contribution >= 0.6 is 7.92 Å². The summed E-state index contributed by atoms with van der Waals surface area (Å²) in [5.41, 5.74) is -10.8. The predicted octanol–water partition coefficient (Wildman–Crippen LogP) is 7.36. The Morgan fingerprint density at radius 2 is 1.00 bits per heavy atom. The van der Waals surface area contributed by atoms with E-state index in [4.69, 9.17) is 4.74 Å². The Kier molecular flexibility index (Phi) is 10.5. The third-order valence-corrected chi connectivity index (χ3v) is 19.5. The van der Waals surface area contributed by atoms with E-state index in [1.807, 2.05) is 5.30 Å². The number of hydrogen-bond acceptors (Lipinski definition) is 6. The molecular weight excluding hydrogens is 898 g/mol. The second-order valence-electron chi connectivity index (χ2n) is 15.8. The Morgan fingerprint density at radius 1 is 0.653 bits per heavy atom. The van der Waals surface area contributed by atoms with E-state index in [0.717, 1.165) is 65.9 Å². The Bertz CT molecular complexity index is 1450. The monoisotopic (exact) mass is 941 g/mol. The number of nitrogens with zero attached hydrogens (tertiary/aromatic N) is 2. The minimum atomic E-state index is -6.72. The van der Waals surface area contributed by atoms with E-state index in [2.05, 4.69) is 29.2 Å². The van der Waals surface area contributed by atoms with Crippen LogP contribution in [-0.2, 0) is 47.2 Å². The van der Waals surface area contributed by atoms with Crippen LogP contribution in [0.1, 0.15) is 77.0 Å². The number of alkyl halides is 6. The summed E-state index contributed by atoms with van der Waals surface area (Å²) in [5.74, 6) is 6.42. The molecule has 8 bridgehead atoms.